The van der Waals surface area contributed by atoms with E-state index in [-0.39, 0.29) is 5.92 Å². The van der Waals surface area contributed by atoms with Gasteiger partial charge in [0.2, 0.25) is 11.9 Å². The maximum absolute atomic E-state index is 13.2. The number of carbonyl (C=O) groups is 1. The molecule has 0 bridgehead atoms. The number of fused-ring (bicyclic) bond motifs is 1. The fraction of sp³-hybridized carbons (Fsp3) is 0.542. The van der Waals surface area contributed by atoms with Crippen molar-refractivity contribution in [3.63, 3.8) is 0 Å². The Labute approximate surface area is 179 Å². The number of hydrogen-bond acceptors (Lipinski definition) is 5. The van der Waals surface area contributed by atoms with E-state index in [0.29, 0.717) is 5.91 Å². The van der Waals surface area contributed by atoms with Crippen LogP contribution < -0.4 is 9.80 Å². The largest absolute Gasteiger partial charge is 0.368 e. The van der Waals surface area contributed by atoms with Gasteiger partial charge in [0.15, 0.2) is 0 Å². The van der Waals surface area contributed by atoms with Crippen molar-refractivity contribution >= 4 is 17.5 Å². The van der Waals surface area contributed by atoms with Crippen LogP contribution in [-0.4, -0.2) is 60.0 Å². The van der Waals surface area contributed by atoms with E-state index in [1.165, 1.54) is 11.3 Å². The second-order valence-electron chi connectivity index (χ2n) is 8.40. The van der Waals surface area contributed by atoms with Gasteiger partial charge in [-0.3, -0.25) is 4.79 Å². The number of hydrogen-bond donors (Lipinski definition) is 0. The molecule has 1 amide bonds. The topological polar surface area (TPSA) is 52.6 Å². The molecule has 0 N–H and O–H groups in total. The normalized spacial score (nSPS) is 18.8. The molecular weight excluding hydrogens is 374 g/mol. The molecule has 1 aromatic carbocycles. The van der Waals surface area contributed by atoms with Gasteiger partial charge in [0.05, 0.1) is 0 Å². The zero-order valence-electron chi connectivity index (χ0n) is 18.5. The average molecular weight is 408 g/mol. The third kappa shape index (κ3) is 4.27. The smallest absolute Gasteiger partial charge is 0.226 e. The summed E-state index contributed by atoms with van der Waals surface area (Å²) >= 11 is 0. The molecule has 0 unspecified atom stereocenters. The van der Waals surface area contributed by atoms with Crippen LogP contribution in [0.4, 0.5) is 11.6 Å². The van der Waals surface area contributed by atoms with Gasteiger partial charge in [-0.25, -0.2) is 9.97 Å². The van der Waals surface area contributed by atoms with Crippen LogP contribution in [0.1, 0.15) is 37.1 Å². The predicted molar refractivity (Wildman–Crippen MR) is 121 cm³/mol. The third-order valence-electron chi connectivity index (χ3n) is 6.52. The molecule has 2 aromatic rings. The Hall–Kier alpha value is -2.63. The Morgan fingerprint density at radius 3 is 2.47 bits per heavy atom. The SMILES string of the molecule is CCN(CC)c1ncc2c(n1)CC[C@@H](C(=O)N1CCN(c3ccc(C)cc3)CC1)C2. The number of rotatable bonds is 5. The van der Waals surface area contributed by atoms with E-state index in [1.807, 2.05) is 6.20 Å². The van der Waals surface area contributed by atoms with Crippen LogP contribution in [0.25, 0.3) is 0 Å². The summed E-state index contributed by atoms with van der Waals surface area (Å²) in [5, 5.41) is 0. The highest BCUT2D eigenvalue weighted by atomic mass is 16.2. The Kier molecular flexibility index (Phi) is 6.21. The van der Waals surface area contributed by atoms with Crippen molar-refractivity contribution in [3.8, 4) is 0 Å². The molecular formula is C24H33N5O. The second-order valence-corrected chi connectivity index (χ2v) is 8.40. The zero-order valence-corrected chi connectivity index (χ0v) is 18.5. The lowest BCUT2D eigenvalue weighted by atomic mass is 9.86. The summed E-state index contributed by atoms with van der Waals surface area (Å²) in [5.74, 6) is 1.18. The molecule has 0 radical (unpaired) electrons. The van der Waals surface area contributed by atoms with Crippen molar-refractivity contribution in [2.24, 2.45) is 5.92 Å². The van der Waals surface area contributed by atoms with Gasteiger partial charge < -0.3 is 14.7 Å². The van der Waals surface area contributed by atoms with E-state index in [2.05, 4.69) is 64.7 Å². The van der Waals surface area contributed by atoms with Crippen molar-refractivity contribution in [1.82, 2.24) is 14.9 Å². The fourth-order valence-corrected chi connectivity index (χ4v) is 4.57. The monoisotopic (exact) mass is 407 g/mol. The lowest BCUT2D eigenvalue weighted by molar-refractivity contribution is -0.136. The maximum Gasteiger partial charge on any atom is 0.226 e. The minimum absolute atomic E-state index is 0.0614. The van der Waals surface area contributed by atoms with Gasteiger partial charge in [0, 0.05) is 62.8 Å². The number of piperazine rings is 1. The van der Waals surface area contributed by atoms with Crippen molar-refractivity contribution in [2.75, 3.05) is 49.1 Å². The summed E-state index contributed by atoms with van der Waals surface area (Å²) < 4.78 is 0. The third-order valence-corrected chi connectivity index (χ3v) is 6.52. The Morgan fingerprint density at radius 2 is 1.80 bits per heavy atom. The molecule has 1 aliphatic carbocycles. The first kappa shape index (κ1) is 20.6. The molecule has 6 heteroatoms. The van der Waals surface area contributed by atoms with Gasteiger partial charge >= 0.3 is 0 Å². The van der Waals surface area contributed by atoms with Gasteiger partial charge in [-0.05, 0) is 57.7 Å². The fourth-order valence-electron chi connectivity index (χ4n) is 4.57. The lowest BCUT2D eigenvalue weighted by Gasteiger charge is -2.38. The molecule has 1 saturated heterocycles. The van der Waals surface area contributed by atoms with Gasteiger partial charge in [-0.1, -0.05) is 17.7 Å². The molecule has 1 fully saturated rings. The van der Waals surface area contributed by atoms with Gasteiger partial charge in [-0.15, -0.1) is 0 Å². The molecule has 1 aromatic heterocycles. The Balaban J connectivity index is 1.36. The first-order valence-corrected chi connectivity index (χ1v) is 11.3. The molecule has 2 aliphatic rings. The molecule has 1 aliphatic heterocycles. The van der Waals surface area contributed by atoms with Gasteiger partial charge in [0.1, 0.15) is 0 Å². The Morgan fingerprint density at radius 1 is 1.10 bits per heavy atom. The van der Waals surface area contributed by atoms with E-state index in [1.54, 1.807) is 0 Å². The minimum Gasteiger partial charge on any atom is -0.368 e. The highest BCUT2D eigenvalue weighted by molar-refractivity contribution is 5.80. The van der Waals surface area contributed by atoms with Crippen LogP contribution >= 0.6 is 0 Å². The standard InChI is InChI=1S/C24H33N5O/c1-4-27(5-2)24-25-17-20-16-19(8-11-22(20)26-24)23(30)29-14-12-28(13-15-29)21-9-6-18(3)7-10-21/h6-7,9-10,17,19H,4-5,8,11-16H2,1-3H3/t19-/m1/s1. The lowest BCUT2D eigenvalue weighted by Crippen LogP contribution is -2.51. The van der Waals surface area contributed by atoms with Crippen molar-refractivity contribution in [3.05, 3.63) is 47.3 Å². The van der Waals surface area contributed by atoms with E-state index in [9.17, 15) is 4.79 Å². The molecule has 1 atom stereocenters. The highest BCUT2D eigenvalue weighted by Crippen LogP contribution is 2.27. The zero-order chi connectivity index (χ0) is 21.1. The molecule has 6 nitrogen and oxygen atoms in total. The van der Waals surface area contributed by atoms with Crippen LogP contribution in [0.15, 0.2) is 30.5 Å². The predicted octanol–water partition coefficient (Wildman–Crippen LogP) is 3.08. The number of amides is 1. The van der Waals surface area contributed by atoms with Gasteiger partial charge in [0.25, 0.3) is 0 Å². The molecule has 30 heavy (non-hydrogen) atoms. The molecule has 0 saturated carbocycles. The van der Waals surface area contributed by atoms with Crippen molar-refractivity contribution in [1.29, 1.82) is 0 Å². The van der Waals surface area contributed by atoms with Crippen LogP contribution in [-0.2, 0) is 17.6 Å². The van der Waals surface area contributed by atoms with E-state index in [4.69, 9.17) is 4.98 Å². The summed E-state index contributed by atoms with van der Waals surface area (Å²) in [6, 6.07) is 8.66. The van der Waals surface area contributed by atoms with Crippen molar-refractivity contribution in [2.45, 2.75) is 40.0 Å². The van der Waals surface area contributed by atoms with Crippen LogP contribution in [0.5, 0.6) is 0 Å². The highest BCUT2D eigenvalue weighted by Gasteiger charge is 2.31. The number of benzene rings is 1. The number of carbonyl (C=O) groups excluding carboxylic acids is 1. The number of aryl methyl sites for hydroxylation is 2. The van der Waals surface area contributed by atoms with E-state index in [0.717, 1.165) is 75.7 Å². The first-order chi connectivity index (χ1) is 14.6. The average Bonchev–Trinajstić information content (AvgIpc) is 2.79. The minimum atomic E-state index is 0.0614. The van der Waals surface area contributed by atoms with Gasteiger partial charge in [-0.2, -0.15) is 0 Å². The van der Waals surface area contributed by atoms with E-state index < -0.39 is 0 Å². The molecule has 160 valence electrons. The summed E-state index contributed by atoms with van der Waals surface area (Å²) in [4.78, 5) is 29.2. The van der Waals surface area contributed by atoms with Crippen molar-refractivity contribution < 1.29 is 4.79 Å². The number of nitrogens with zero attached hydrogens (tertiary/aromatic N) is 5. The van der Waals surface area contributed by atoms with E-state index >= 15 is 0 Å². The molecule has 0 spiro atoms. The maximum atomic E-state index is 13.2. The second kappa shape index (κ2) is 9.02. The quantitative estimate of drug-likeness (QED) is 0.762. The number of anilines is 2. The molecule has 4 rings (SSSR count). The first-order valence-electron chi connectivity index (χ1n) is 11.3. The summed E-state index contributed by atoms with van der Waals surface area (Å²) in [6.45, 7) is 11.6. The number of aromatic nitrogens is 2. The molecule has 2 heterocycles. The summed E-state index contributed by atoms with van der Waals surface area (Å²) in [6.07, 6.45) is 4.47. The van der Waals surface area contributed by atoms with Crippen LogP contribution in [0.2, 0.25) is 0 Å². The summed E-state index contributed by atoms with van der Waals surface area (Å²) in [7, 11) is 0. The summed E-state index contributed by atoms with van der Waals surface area (Å²) in [5.41, 5.74) is 4.80. The van der Waals surface area contributed by atoms with Crippen LogP contribution in [0.3, 0.4) is 0 Å². The Bertz CT molecular complexity index is 870. The van der Waals surface area contributed by atoms with Crippen LogP contribution in [0, 0.1) is 12.8 Å².